The van der Waals surface area contributed by atoms with E-state index in [1.165, 1.54) is 6.07 Å². The summed E-state index contributed by atoms with van der Waals surface area (Å²) in [5.74, 6) is -0.220. The number of likely N-dealkylation sites (N-methyl/N-ethyl adjacent to an activating group) is 1. The molecule has 0 aliphatic carbocycles. The molecule has 2 aliphatic heterocycles. The number of anilines is 3. The Hall–Kier alpha value is -2.74. The van der Waals surface area contributed by atoms with Crippen LogP contribution in [-0.2, 0) is 33.8 Å². The number of aromatic nitrogens is 2. The molecule has 0 saturated carbocycles. The lowest BCUT2D eigenvalue weighted by Gasteiger charge is -2.24. The molecule has 0 spiro atoms. The summed E-state index contributed by atoms with van der Waals surface area (Å²) >= 11 is 0.945. The van der Waals surface area contributed by atoms with Gasteiger partial charge in [-0.1, -0.05) is 6.92 Å². The number of alkyl halides is 3. The topological polar surface area (TPSA) is 87.7 Å². The van der Waals surface area contributed by atoms with Crippen molar-refractivity contribution in [2.75, 3.05) is 55.8 Å². The van der Waals surface area contributed by atoms with Gasteiger partial charge in [-0.2, -0.15) is 13.2 Å². The fourth-order valence-corrected chi connectivity index (χ4v) is 7.63. The number of hydrogen-bond donors (Lipinski definition) is 1. The molecule has 4 heterocycles. The third-order valence-corrected chi connectivity index (χ3v) is 9.95. The van der Waals surface area contributed by atoms with Crippen LogP contribution >= 0.6 is 11.3 Å². The lowest BCUT2D eigenvalue weighted by Crippen LogP contribution is -2.28. The van der Waals surface area contributed by atoms with Crippen molar-refractivity contribution >= 4 is 38.5 Å². The normalized spacial score (nSPS) is 18.3. The number of hydrogen-bond acceptors (Lipinski definition) is 9. The van der Waals surface area contributed by atoms with E-state index in [9.17, 15) is 21.6 Å². The fourth-order valence-electron chi connectivity index (χ4n) is 4.79. The van der Waals surface area contributed by atoms with Gasteiger partial charge in [-0.3, -0.25) is 0 Å². The number of halogens is 3. The zero-order valence-electron chi connectivity index (χ0n) is 21.7. The standard InChI is InChI=1S/C26H30F3N5O3S2/c1-3-17-13-18(34-8-4-7-33(2)9-10-34)5-6-20(17)31-25-30-15-19(26(27,28)29)24(32-25)21-14-23-22(38-21)16-37-11-12-39(23,35)36/h5-6,13-15H,3-4,7-12,16H2,1-2H3,(H,30,31,32). The predicted molar refractivity (Wildman–Crippen MR) is 145 cm³/mol. The second-order valence-corrected chi connectivity index (χ2v) is 12.9. The Bertz CT molecular complexity index is 1460. The lowest BCUT2D eigenvalue weighted by molar-refractivity contribution is -0.137. The first-order valence-electron chi connectivity index (χ1n) is 12.8. The maximum atomic E-state index is 13.9. The van der Waals surface area contributed by atoms with Crippen LogP contribution in [0.25, 0.3) is 10.6 Å². The Balaban J connectivity index is 1.49. The van der Waals surface area contributed by atoms with Gasteiger partial charge in [-0.25, -0.2) is 18.4 Å². The van der Waals surface area contributed by atoms with Crippen LogP contribution in [0.4, 0.5) is 30.5 Å². The third kappa shape index (κ3) is 6.06. The van der Waals surface area contributed by atoms with Crippen LogP contribution in [0.1, 0.15) is 29.3 Å². The van der Waals surface area contributed by atoms with Crippen LogP contribution in [-0.4, -0.2) is 68.9 Å². The molecule has 1 N–H and O–H groups in total. The average Bonchev–Trinajstić information content (AvgIpc) is 3.14. The molecule has 2 aliphatic rings. The number of sulfone groups is 1. The molecule has 0 unspecified atom stereocenters. The maximum absolute atomic E-state index is 13.9. The number of ether oxygens (including phenoxy) is 1. The van der Waals surface area contributed by atoms with Gasteiger partial charge in [0.05, 0.1) is 34.4 Å². The number of thiophene rings is 1. The Morgan fingerprint density at radius 2 is 1.97 bits per heavy atom. The van der Waals surface area contributed by atoms with E-state index < -0.39 is 21.6 Å². The molecule has 2 aromatic heterocycles. The van der Waals surface area contributed by atoms with Crippen molar-refractivity contribution in [3.05, 3.63) is 46.5 Å². The van der Waals surface area contributed by atoms with Crippen LogP contribution in [0.2, 0.25) is 0 Å². The smallest absolute Gasteiger partial charge is 0.375 e. The van der Waals surface area contributed by atoms with Gasteiger partial charge in [0.15, 0.2) is 9.84 Å². The minimum Gasteiger partial charge on any atom is -0.375 e. The van der Waals surface area contributed by atoms with E-state index >= 15 is 0 Å². The van der Waals surface area contributed by atoms with Crippen LogP contribution in [0.3, 0.4) is 0 Å². The van der Waals surface area contributed by atoms with Gasteiger partial charge in [0.1, 0.15) is 5.56 Å². The van der Waals surface area contributed by atoms with E-state index in [4.69, 9.17) is 4.74 Å². The molecule has 1 saturated heterocycles. The summed E-state index contributed by atoms with van der Waals surface area (Å²) in [7, 11) is -1.55. The predicted octanol–water partition coefficient (Wildman–Crippen LogP) is 4.98. The number of nitrogens with zero attached hydrogens (tertiary/aromatic N) is 4. The molecule has 13 heteroatoms. The van der Waals surface area contributed by atoms with Crippen molar-refractivity contribution in [3.63, 3.8) is 0 Å². The van der Waals surface area contributed by atoms with Gasteiger partial charge in [0.25, 0.3) is 0 Å². The van der Waals surface area contributed by atoms with Crippen molar-refractivity contribution in [1.82, 2.24) is 14.9 Å². The van der Waals surface area contributed by atoms with E-state index in [1.807, 2.05) is 19.1 Å². The molecule has 0 radical (unpaired) electrons. The molecule has 210 valence electrons. The highest BCUT2D eigenvalue weighted by Gasteiger charge is 2.37. The molecule has 1 aromatic carbocycles. The van der Waals surface area contributed by atoms with Gasteiger partial charge in [0, 0.05) is 42.1 Å². The summed E-state index contributed by atoms with van der Waals surface area (Å²) in [6, 6.07) is 7.27. The van der Waals surface area contributed by atoms with Crippen LogP contribution in [0.5, 0.6) is 0 Å². The van der Waals surface area contributed by atoms with Gasteiger partial charge in [-0.15, -0.1) is 11.3 Å². The lowest BCUT2D eigenvalue weighted by atomic mass is 10.1. The van der Waals surface area contributed by atoms with Crippen molar-refractivity contribution < 1.29 is 26.3 Å². The first-order valence-corrected chi connectivity index (χ1v) is 15.2. The van der Waals surface area contributed by atoms with Crippen molar-refractivity contribution in [2.45, 2.75) is 37.4 Å². The minimum atomic E-state index is -4.72. The van der Waals surface area contributed by atoms with Crippen molar-refractivity contribution in [1.29, 1.82) is 0 Å². The molecular weight excluding hydrogens is 551 g/mol. The highest BCUT2D eigenvalue weighted by atomic mass is 32.2. The van der Waals surface area contributed by atoms with Crippen LogP contribution < -0.4 is 10.2 Å². The average molecular weight is 582 g/mol. The van der Waals surface area contributed by atoms with Crippen molar-refractivity contribution in [2.24, 2.45) is 0 Å². The third-order valence-electron chi connectivity index (χ3n) is 6.96. The van der Waals surface area contributed by atoms with Crippen LogP contribution in [0, 0.1) is 0 Å². The monoisotopic (exact) mass is 581 g/mol. The molecule has 0 atom stereocenters. The van der Waals surface area contributed by atoms with Crippen LogP contribution in [0.15, 0.2) is 35.4 Å². The van der Waals surface area contributed by atoms with Gasteiger partial charge >= 0.3 is 6.18 Å². The Morgan fingerprint density at radius 3 is 2.74 bits per heavy atom. The van der Waals surface area contributed by atoms with Gasteiger partial charge in [0.2, 0.25) is 5.95 Å². The first kappa shape index (κ1) is 27.8. The summed E-state index contributed by atoms with van der Waals surface area (Å²) in [6.45, 7) is 5.99. The second-order valence-electron chi connectivity index (χ2n) is 9.69. The zero-order chi connectivity index (χ0) is 27.8. The summed E-state index contributed by atoms with van der Waals surface area (Å²) in [5, 5.41) is 3.10. The molecular formula is C26H30F3N5O3S2. The number of benzene rings is 1. The van der Waals surface area contributed by atoms with E-state index in [0.717, 1.165) is 61.4 Å². The number of fused-ring (bicyclic) bond motifs is 1. The van der Waals surface area contributed by atoms with Crippen molar-refractivity contribution in [3.8, 4) is 10.6 Å². The fraction of sp³-hybridized carbons (Fsp3) is 0.462. The second kappa shape index (κ2) is 11.0. The summed E-state index contributed by atoms with van der Waals surface area (Å²) in [5.41, 5.74) is 1.40. The summed E-state index contributed by atoms with van der Waals surface area (Å²) in [6.07, 6.45) is -2.21. The molecule has 3 aromatic rings. The van der Waals surface area contributed by atoms with E-state index in [2.05, 4.69) is 38.2 Å². The first-order chi connectivity index (χ1) is 18.5. The molecule has 1 fully saturated rings. The highest BCUT2D eigenvalue weighted by Crippen LogP contribution is 2.42. The number of aryl methyl sites for hydroxylation is 1. The highest BCUT2D eigenvalue weighted by molar-refractivity contribution is 7.91. The largest absolute Gasteiger partial charge is 0.420 e. The van der Waals surface area contributed by atoms with E-state index in [0.29, 0.717) is 17.0 Å². The quantitative estimate of drug-likeness (QED) is 0.452. The van der Waals surface area contributed by atoms with Gasteiger partial charge in [-0.05, 0) is 56.3 Å². The maximum Gasteiger partial charge on any atom is 0.420 e. The molecule has 39 heavy (non-hydrogen) atoms. The zero-order valence-corrected chi connectivity index (χ0v) is 23.3. The van der Waals surface area contributed by atoms with E-state index in [-0.39, 0.29) is 40.4 Å². The Labute approximate surface area is 229 Å². The Kier molecular flexibility index (Phi) is 7.86. The molecule has 5 rings (SSSR count). The Morgan fingerprint density at radius 1 is 1.15 bits per heavy atom. The van der Waals surface area contributed by atoms with E-state index in [1.54, 1.807) is 0 Å². The number of nitrogens with one attached hydrogen (secondary N) is 1. The van der Waals surface area contributed by atoms with Gasteiger partial charge < -0.3 is 19.9 Å². The molecule has 0 amide bonds. The summed E-state index contributed by atoms with van der Waals surface area (Å²) < 4.78 is 72.4. The molecule has 0 bridgehead atoms. The SMILES string of the molecule is CCc1cc(N2CCCN(C)CC2)ccc1Nc1ncc(C(F)(F)F)c(-c2cc3c(s2)COCCS3(=O)=O)n1. The molecule has 8 nitrogen and oxygen atoms in total. The minimum absolute atomic E-state index is 0.000418. The number of rotatable bonds is 5. The summed E-state index contributed by atoms with van der Waals surface area (Å²) in [4.78, 5) is 13.3.